The van der Waals surface area contributed by atoms with Crippen molar-refractivity contribution in [2.45, 2.75) is 70.9 Å². The van der Waals surface area contributed by atoms with E-state index in [4.69, 9.17) is 21.4 Å². The van der Waals surface area contributed by atoms with Crippen molar-refractivity contribution < 1.29 is 9.63 Å². The number of aryl methyl sites for hydroxylation is 3. The molecule has 3 heterocycles. The van der Waals surface area contributed by atoms with Crippen molar-refractivity contribution in [3.63, 3.8) is 0 Å². The molecule has 2 amide bonds. The maximum absolute atomic E-state index is 13.8. The molecule has 2 aliphatic rings. The van der Waals surface area contributed by atoms with E-state index in [2.05, 4.69) is 66.0 Å². The Morgan fingerprint density at radius 2 is 1.91 bits per heavy atom. The molecular formula is C36H43BrClN7O2. The summed E-state index contributed by atoms with van der Waals surface area (Å²) >= 11 is 10.2. The number of pyridine rings is 1. The van der Waals surface area contributed by atoms with Crippen molar-refractivity contribution in [1.82, 2.24) is 34.7 Å². The normalized spacial score (nSPS) is 18.5. The molecule has 1 aliphatic heterocycles. The molecule has 1 N–H and O–H groups in total. The van der Waals surface area contributed by atoms with Crippen molar-refractivity contribution in [2.75, 3.05) is 26.2 Å². The Morgan fingerprint density at radius 1 is 1.11 bits per heavy atom. The van der Waals surface area contributed by atoms with Crippen molar-refractivity contribution in [2.24, 2.45) is 0 Å². The summed E-state index contributed by atoms with van der Waals surface area (Å²) in [6, 6.07) is 18.5. The van der Waals surface area contributed by atoms with E-state index >= 15 is 0 Å². The molecular weight excluding hydrogens is 678 g/mol. The molecule has 0 saturated carbocycles. The van der Waals surface area contributed by atoms with Gasteiger partial charge in [0.05, 0.1) is 18.1 Å². The summed E-state index contributed by atoms with van der Waals surface area (Å²) in [4.78, 5) is 34.2. The number of amides is 2. The van der Waals surface area contributed by atoms with E-state index in [-0.39, 0.29) is 17.6 Å². The summed E-state index contributed by atoms with van der Waals surface area (Å²) in [5.41, 5.74) is 5.45. The highest BCUT2D eigenvalue weighted by Gasteiger charge is 2.39. The first-order valence-corrected chi connectivity index (χ1v) is 17.5. The van der Waals surface area contributed by atoms with Crippen LogP contribution in [0.15, 0.2) is 84.0 Å². The largest absolute Gasteiger partial charge is 0.337 e. The van der Waals surface area contributed by atoms with Crippen LogP contribution in [0.2, 0.25) is 5.02 Å². The third-order valence-corrected chi connectivity index (χ3v) is 9.29. The first-order chi connectivity index (χ1) is 22.6. The molecule has 6 rings (SSSR count). The van der Waals surface area contributed by atoms with Crippen molar-refractivity contribution >= 4 is 33.6 Å². The van der Waals surface area contributed by atoms with E-state index in [1.165, 1.54) is 16.7 Å². The zero-order chi connectivity index (χ0) is 33.0. The fraction of sp³-hybridized carbons (Fsp3) is 0.417. The van der Waals surface area contributed by atoms with Crippen LogP contribution in [-0.4, -0.2) is 73.4 Å². The number of carbonyl (C=O) groups is 1. The first-order valence-electron chi connectivity index (χ1n) is 16.3. The van der Waals surface area contributed by atoms with Gasteiger partial charge in [0.25, 0.3) is 0 Å². The number of hydrogen-bond acceptors (Lipinski definition) is 6. The van der Waals surface area contributed by atoms with Crippen LogP contribution in [-0.2, 0) is 30.8 Å². The molecule has 9 nitrogen and oxygen atoms in total. The number of halogens is 2. The predicted octanol–water partition coefficient (Wildman–Crippen LogP) is 6.86. The van der Waals surface area contributed by atoms with Gasteiger partial charge in [-0.1, -0.05) is 48.0 Å². The number of urea groups is 1. The van der Waals surface area contributed by atoms with Crippen LogP contribution < -0.4 is 5.32 Å². The van der Waals surface area contributed by atoms with E-state index in [1.807, 2.05) is 73.7 Å². The van der Waals surface area contributed by atoms with Gasteiger partial charge in [-0.05, 0) is 96.4 Å². The van der Waals surface area contributed by atoms with Crippen LogP contribution in [0.25, 0.3) is 0 Å². The second kappa shape index (κ2) is 14.9. The van der Waals surface area contributed by atoms with Gasteiger partial charge in [-0.2, -0.15) is 5.06 Å². The molecule has 2 aromatic carbocycles. The molecule has 0 spiro atoms. The second-order valence-electron chi connectivity index (χ2n) is 13.4. The van der Waals surface area contributed by atoms with Crippen molar-refractivity contribution in [3.05, 3.63) is 117 Å². The lowest BCUT2D eigenvalue weighted by atomic mass is 9.96. The Bertz CT molecular complexity index is 1590. The van der Waals surface area contributed by atoms with Gasteiger partial charge in [0.2, 0.25) is 0 Å². The molecule has 2 atom stereocenters. The second-order valence-corrected chi connectivity index (χ2v) is 14.7. The van der Waals surface area contributed by atoms with E-state index in [1.54, 1.807) is 6.20 Å². The highest BCUT2D eigenvalue weighted by molar-refractivity contribution is 9.10. The molecule has 1 fully saturated rings. The smallest absolute Gasteiger partial charge is 0.319 e. The van der Waals surface area contributed by atoms with E-state index in [0.29, 0.717) is 32.7 Å². The quantitative estimate of drug-likeness (QED) is 0.191. The summed E-state index contributed by atoms with van der Waals surface area (Å²) in [7, 11) is 0. The average molecular weight is 721 g/mol. The van der Waals surface area contributed by atoms with Crippen molar-refractivity contribution in [1.29, 1.82) is 0 Å². The highest BCUT2D eigenvalue weighted by Crippen LogP contribution is 2.38. The summed E-state index contributed by atoms with van der Waals surface area (Å²) in [5.74, 6) is 0. The Morgan fingerprint density at radius 3 is 2.68 bits per heavy atom. The molecule has 0 radical (unpaired) electrons. The lowest BCUT2D eigenvalue weighted by molar-refractivity contribution is -0.250. The van der Waals surface area contributed by atoms with Gasteiger partial charge in [-0.25, -0.2) is 9.78 Å². The number of nitrogens with one attached hydrogen (secondary N) is 1. The maximum Gasteiger partial charge on any atom is 0.319 e. The molecule has 47 heavy (non-hydrogen) atoms. The molecule has 4 aromatic rings. The average Bonchev–Trinajstić information content (AvgIpc) is 3.49. The lowest BCUT2D eigenvalue weighted by Crippen LogP contribution is -2.62. The molecule has 1 saturated heterocycles. The van der Waals surface area contributed by atoms with Gasteiger partial charge in [0.1, 0.15) is 0 Å². The number of rotatable bonds is 9. The number of imidazole rings is 1. The van der Waals surface area contributed by atoms with Gasteiger partial charge in [0.15, 0.2) is 6.23 Å². The van der Waals surface area contributed by atoms with Crippen LogP contribution in [0.1, 0.15) is 61.2 Å². The molecule has 1 aliphatic carbocycles. The number of nitrogens with zero attached hydrogens (tertiary/aromatic N) is 6. The lowest BCUT2D eigenvalue weighted by Gasteiger charge is -2.45. The number of piperazine rings is 1. The topological polar surface area (TPSA) is 78.8 Å². The van der Waals surface area contributed by atoms with E-state index < -0.39 is 6.23 Å². The molecule has 0 bridgehead atoms. The zero-order valence-corrected chi connectivity index (χ0v) is 29.6. The number of aromatic nitrogens is 3. The number of fused-ring (bicyclic) bond motifs is 2. The van der Waals surface area contributed by atoms with E-state index in [9.17, 15) is 4.79 Å². The third kappa shape index (κ3) is 8.61. The minimum atomic E-state index is -0.527. The number of hydroxylamine groups is 2. The highest BCUT2D eigenvalue weighted by atomic mass is 79.9. The Hall–Kier alpha value is -3.28. The fourth-order valence-electron chi connectivity index (χ4n) is 6.48. The summed E-state index contributed by atoms with van der Waals surface area (Å²) < 4.78 is 3.04. The van der Waals surface area contributed by atoms with Crippen molar-refractivity contribution in [3.8, 4) is 0 Å². The summed E-state index contributed by atoms with van der Waals surface area (Å²) in [6.45, 7) is 9.79. The minimum Gasteiger partial charge on any atom is -0.337 e. The standard InChI is InChI=1S/C36H43BrClN7O2/c1-36(2,3)41-35(46)45-19-18-43(34-31-13-12-30(38)21-27(31)10-11-28-20-29(37)22-40-33(28)34)24-32(45)47-44(23-26-8-5-4-6-9-26)16-7-15-42-17-14-39-25-42/h4-6,8-9,12-14,17,20-22,25,32,34H,7,10-11,15-16,18-19,23-24H2,1-3H3,(H,41,46)/t32-,34+/m0/s1. The van der Waals surface area contributed by atoms with Crippen LogP contribution in [0, 0.1) is 0 Å². The number of carbonyl (C=O) groups excluding carboxylic acids is 1. The van der Waals surface area contributed by atoms with Gasteiger partial charge in [-0.15, -0.1) is 0 Å². The monoisotopic (exact) mass is 719 g/mol. The third-order valence-electron chi connectivity index (χ3n) is 8.62. The predicted molar refractivity (Wildman–Crippen MR) is 188 cm³/mol. The minimum absolute atomic E-state index is 0.101. The molecule has 248 valence electrons. The molecule has 11 heteroatoms. The molecule has 2 aromatic heterocycles. The van der Waals surface area contributed by atoms with Crippen LogP contribution >= 0.6 is 27.5 Å². The van der Waals surface area contributed by atoms with Gasteiger partial charge >= 0.3 is 6.03 Å². The van der Waals surface area contributed by atoms with E-state index in [0.717, 1.165) is 46.6 Å². The maximum atomic E-state index is 13.8. The van der Waals surface area contributed by atoms with Gasteiger partial charge in [0, 0.05) is 72.9 Å². The number of hydrogen-bond donors (Lipinski definition) is 1. The zero-order valence-electron chi connectivity index (χ0n) is 27.3. The summed E-state index contributed by atoms with van der Waals surface area (Å²) in [5, 5.41) is 5.93. The Kier molecular flexibility index (Phi) is 10.6. The summed E-state index contributed by atoms with van der Waals surface area (Å²) in [6.07, 6.45) is 9.58. The molecule has 0 unspecified atom stereocenters. The van der Waals surface area contributed by atoms with Crippen LogP contribution in [0.5, 0.6) is 0 Å². The first kappa shape index (κ1) is 33.6. The van der Waals surface area contributed by atoms with Crippen LogP contribution in [0.4, 0.5) is 4.79 Å². The number of benzene rings is 2. The van der Waals surface area contributed by atoms with Gasteiger partial charge in [-0.3, -0.25) is 19.6 Å². The Labute approximate surface area is 291 Å². The van der Waals surface area contributed by atoms with Gasteiger partial charge < -0.3 is 9.88 Å². The SMILES string of the molecule is CC(C)(C)NC(=O)N1CCN([C@@H]2c3ccc(Cl)cc3CCc3cc(Br)cnc32)C[C@@H]1ON(CCCn1ccnc1)Cc1ccccc1. The Balaban J connectivity index is 1.32. The fourth-order valence-corrected chi connectivity index (χ4v) is 7.05. The van der Waals surface area contributed by atoms with Crippen LogP contribution in [0.3, 0.4) is 0 Å².